The number of furan rings is 1. The standard InChI is InChI=1S/C19H18N2O3S/c1-12-15-8-3-4-9-16(15)24-17(12)19(23)21-20-18(22)14-7-5-6-13(10-14)11-25-2/h3-10H,11H2,1-2H3,(H,20,22)(H,21,23). The molecule has 6 heteroatoms. The van der Waals surface area contributed by atoms with Crippen LogP contribution in [0.25, 0.3) is 11.0 Å². The number of benzene rings is 2. The summed E-state index contributed by atoms with van der Waals surface area (Å²) in [6.07, 6.45) is 2.00. The topological polar surface area (TPSA) is 71.3 Å². The summed E-state index contributed by atoms with van der Waals surface area (Å²) < 4.78 is 5.58. The monoisotopic (exact) mass is 354 g/mol. The first-order valence-electron chi connectivity index (χ1n) is 7.77. The molecular weight excluding hydrogens is 336 g/mol. The fraction of sp³-hybridized carbons (Fsp3) is 0.158. The molecule has 128 valence electrons. The van der Waals surface area contributed by atoms with Crippen LogP contribution >= 0.6 is 11.8 Å². The van der Waals surface area contributed by atoms with Crippen molar-refractivity contribution in [3.63, 3.8) is 0 Å². The molecular formula is C19H18N2O3S. The predicted octanol–water partition coefficient (Wildman–Crippen LogP) is 3.68. The number of aryl methyl sites for hydroxylation is 1. The second-order valence-electron chi connectivity index (χ2n) is 5.59. The molecule has 0 aliphatic carbocycles. The van der Waals surface area contributed by atoms with E-state index in [2.05, 4.69) is 10.9 Å². The second-order valence-corrected chi connectivity index (χ2v) is 6.46. The molecule has 2 aromatic carbocycles. The summed E-state index contributed by atoms with van der Waals surface area (Å²) in [6, 6.07) is 14.7. The van der Waals surface area contributed by atoms with Crippen LogP contribution in [-0.2, 0) is 5.75 Å². The van der Waals surface area contributed by atoms with E-state index in [0.717, 1.165) is 22.3 Å². The zero-order valence-corrected chi connectivity index (χ0v) is 14.8. The molecule has 3 rings (SSSR count). The number of rotatable bonds is 4. The Balaban J connectivity index is 1.70. The van der Waals surface area contributed by atoms with Crippen LogP contribution in [0.15, 0.2) is 52.9 Å². The lowest BCUT2D eigenvalue weighted by Crippen LogP contribution is -2.41. The minimum atomic E-state index is -0.484. The van der Waals surface area contributed by atoms with Crippen molar-refractivity contribution in [3.8, 4) is 0 Å². The summed E-state index contributed by atoms with van der Waals surface area (Å²) in [4.78, 5) is 24.5. The number of amides is 2. The van der Waals surface area contributed by atoms with E-state index in [9.17, 15) is 9.59 Å². The van der Waals surface area contributed by atoms with E-state index < -0.39 is 5.91 Å². The van der Waals surface area contributed by atoms with E-state index >= 15 is 0 Å². The molecule has 2 N–H and O–H groups in total. The Kier molecular flexibility index (Phi) is 5.09. The van der Waals surface area contributed by atoms with Crippen LogP contribution in [0.3, 0.4) is 0 Å². The normalized spacial score (nSPS) is 10.6. The van der Waals surface area contributed by atoms with E-state index in [4.69, 9.17) is 4.42 Å². The molecule has 0 unspecified atom stereocenters. The van der Waals surface area contributed by atoms with Crippen molar-refractivity contribution in [3.05, 3.63) is 71.0 Å². The lowest BCUT2D eigenvalue weighted by molar-refractivity contribution is 0.0831. The second kappa shape index (κ2) is 7.44. The molecule has 2 amide bonds. The maximum Gasteiger partial charge on any atom is 0.305 e. The van der Waals surface area contributed by atoms with E-state index in [1.807, 2.05) is 49.6 Å². The van der Waals surface area contributed by atoms with Crippen molar-refractivity contribution in [1.29, 1.82) is 0 Å². The summed E-state index contributed by atoms with van der Waals surface area (Å²) in [7, 11) is 0. The first-order valence-corrected chi connectivity index (χ1v) is 9.16. The van der Waals surface area contributed by atoms with Gasteiger partial charge in [-0.05, 0) is 36.9 Å². The molecule has 0 bridgehead atoms. The van der Waals surface area contributed by atoms with Crippen LogP contribution < -0.4 is 10.9 Å². The van der Waals surface area contributed by atoms with Crippen LogP contribution in [0.5, 0.6) is 0 Å². The van der Waals surface area contributed by atoms with Crippen LogP contribution in [0.1, 0.15) is 32.0 Å². The van der Waals surface area contributed by atoms with Gasteiger partial charge in [0, 0.05) is 22.3 Å². The number of carbonyl (C=O) groups excluding carboxylic acids is 2. The summed E-state index contributed by atoms with van der Waals surface area (Å²) >= 11 is 1.68. The Labute approximate surface area is 149 Å². The number of thioether (sulfide) groups is 1. The van der Waals surface area contributed by atoms with Crippen LogP contribution in [0.4, 0.5) is 0 Å². The fourth-order valence-electron chi connectivity index (χ4n) is 2.60. The molecule has 0 fully saturated rings. The highest BCUT2D eigenvalue weighted by molar-refractivity contribution is 7.97. The van der Waals surface area contributed by atoms with Crippen LogP contribution in [0.2, 0.25) is 0 Å². The summed E-state index contributed by atoms with van der Waals surface area (Å²) in [6.45, 7) is 1.81. The van der Waals surface area contributed by atoms with Crippen LogP contribution in [-0.4, -0.2) is 18.1 Å². The number of carbonyl (C=O) groups is 2. The highest BCUT2D eigenvalue weighted by Crippen LogP contribution is 2.24. The van der Waals surface area contributed by atoms with Gasteiger partial charge in [0.05, 0.1) is 0 Å². The van der Waals surface area contributed by atoms with Crippen molar-refractivity contribution in [2.75, 3.05) is 6.26 Å². The number of fused-ring (bicyclic) bond motifs is 1. The fourth-order valence-corrected chi connectivity index (χ4v) is 3.12. The van der Waals surface area contributed by atoms with Gasteiger partial charge in [-0.2, -0.15) is 11.8 Å². The molecule has 25 heavy (non-hydrogen) atoms. The largest absolute Gasteiger partial charge is 0.451 e. The summed E-state index contributed by atoms with van der Waals surface area (Å²) in [5, 5.41) is 0.878. The maximum absolute atomic E-state index is 12.3. The van der Waals surface area contributed by atoms with Crippen molar-refractivity contribution in [1.82, 2.24) is 10.9 Å². The smallest absolute Gasteiger partial charge is 0.305 e. The van der Waals surface area contributed by atoms with Gasteiger partial charge in [-0.3, -0.25) is 20.4 Å². The highest BCUT2D eigenvalue weighted by Gasteiger charge is 2.18. The van der Waals surface area contributed by atoms with E-state index in [0.29, 0.717) is 11.1 Å². The van der Waals surface area contributed by atoms with Crippen molar-refractivity contribution in [2.24, 2.45) is 0 Å². The molecule has 0 atom stereocenters. The molecule has 0 saturated carbocycles. The van der Waals surface area contributed by atoms with Gasteiger partial charge in [-0.25, -0.2) is 0 Å². The molecule has 5 nitrogen and oxygen atoms in total. The third-order valence-electron chi connectivity index (χ3n) is 3.84. The Morgan fingerprint density at radius 1 is 1.04 bits per heavy atom. The van der Waals surface area contributed by atoms with Gasteiger partial charge in [0.25, 0.3) is 5.91 Å². The van der Waals surface area contributed by atoms with Crippen molar-refractivity contribution < 1.29 is 14.0 Å². The molecule has 0 radical (unpaired) electrons. The number of hydrogen-bond acceptors (Lipinski definition) is 4. The summed E-state index contributed by atoms with van der Waals surface area (Å²) in [5.41, 5.74) is 7.77. The van der Waals surface area contributed by atoms with Gasteiger partial charge in [-0.1, -0.05) is 30.3 Å². The van der Waals surface area contributed by atoms with Crippen molar-refractivity contribution in [2.45, 2.75) is 12.7 Å². The Morgan fingerprint density at radius 2 is 1.80 bits per heavy atom. The van der Waals surface area contributed by atoms with Crippen LogP contribution in [0, 0.1) is 6.92 Å². The van der Waals surface area contributed by atoms with E-state index in [-0.39, 0.29) is 11.7 Å². The van der Waals surface area contributed by atoms with E-state index in [1.54, 1.807) is 23.9 Å². The van der Waals surface area contributed by atoms with Gasteiger partial charge < -0.3 is 4.42 Å². The zero-order chi connectivity index (χ0) is 17.8. The molecule has 3 aromatic rings. The van der Waals surface area contributed by atoms with Gasteiger partial charge in [-0.15, -0.1) is 0 Å². The minimum absolute atomic E-state index is 0.192. The zero-order valence-electron chi connectivity index (χ0n) is 14.0. The van der Waals surface area contributed by atoms with Gasteiger partial charge in [0.2, 0.25) is 0 Å². The number of hydrazine groups is 1. The summed E-state index contributed by atoms with van der Waals surface area (Å²) in [5.74, 6) is 0.163. The van der Waals surface area contributed by atoms with Crippen molar-refractivity contribution >= 4 is 34.5 Å². The number of nitrogens with one attached hydrogen (secondary N) is 2. The lowest BCUT2D eigenvalue weighted by Gasteiger charge is -2.07. The predicted molar refractivity (Wildman–Crippen MR) is 99.5 cm³/mol. The van der Waals surface area contributed by atoms with Gasteiger partial charge >= 0.3 is 5.91 Å². The minimum Gasteiger partial charge on any atom is -0.451 e. The third-order valence-corrected chi connectivity index (χ3v) is 4.46. The SMILES string of the molecule is CSCc1cccc(C(=O)NNC(=O)c2oc3ccccc3c2C)c1. The first kappa shape index (κ1) is 17.1. The third kappa shape index (κ3) is 3.69. The van der Waals surface area contributed by atoms with Gasteiger partial charge in [0.15, 0.2) is 5.76 Å². The Bertz CT molecular complexity index is 933. The number of para-hydroxylation sites is 1. The molecule has 0 spiro atoms. The van der Waals surface area contributed by atoms with E-state index in [1.165, 1.54) is 0 Å². The molecule has 0 aliphatic rings. The maximum atomic E-state index is 12.3. The van der Waals surface area contributed by atoms with Gasteiger partial charge in [0.1, 0.15) is 5.58 Å². The highest BCUT2D eigenvalue weighted by atomic mass is 32.2. The molecule has 1 aromatic heterocycles. The lowest BCUT2D eigenvalue weighted by atomic mass is 10.1. The average molecular weight is 354 g/mol. The number of hydrogen-bond donors (Lipinski definition) is 2. The Hall–Kier alpha value is -2.73. The molecule has 0 aliphatic heterocycles. The first-order chi connectivity index (χ1) is 12.1. The molecule has 0 saturated heterocycles. The Morgan fingerprint density at radius 3 is 2.56 bits per heavy atom. The molecule has 1 heterocycles. The quantitative estimate of drug-likeness (QED) is 0.701. The average Bonchev–Trinajstić information content (AvgIpc) is 2.97.